The van der Waals surface area contributed by atoms with E-state index in [2.05, 4.69) is 6.58 Å². The Morgan fingerprint density at radius 3 is 2.29 bits per heavy atom. The van der Waals surface area contributed by atoms with Gasteiger partial charge in [-0.15, -0.1) is 0 Å². The second kappa shape index (κ2) is 7.23. The first-order valence-corrected chi connectivity index (χ1v) is 6.25. The highest BCUT2D eigenvalue weighted by molar-refractivity contribution is 6.01. The molecule has 6 heteroatoms. The Balaban J connectivity index is 2.67. The van der Waals surface area contributed by atoms with Crippen molar-refractivity contribution in [2.24, 2.45) is 0 Å². The molecular formula is C15H16O6. The van der Waals surface area contributed by atoms with E-state index in [1.54, 1.807) is 13.0 Å². The molecule has 0 saturated heterocycles. The number of benzene rings is 1. The molecule has 112 valence electrons. The van der Waals surface area contributed by atoms with Gasteiger partial charge in [0.05, 0.1) is 17.7 Å². The second-order valence-corrected chi connectivity index (χ2v) is 4.51. The Kier molecular flexibility index (Phi) is 5.66. The third-order valence-electron chi connectivity index (χ3n) is 2.74. The monoisotopic (exact) mass is 292 g/mol. The van der Waals surface area contributed by atoms with Gasteiger partial charge in [-0.25, -0.2) is 14.4 Å². The number of hydrogen-bond donors (Lipinski definition) is 2. The van der Waals surface area contributed by atoms with Crippen molar-refractivity contribution in [2.75, 3.05) is 6.61 Å². The smallest absolute Gasteiger partial charge is 0.336 e. The summed E-state index contributed by atoms with van der Waals surface area (Å²) >= 11 is 0. The third-order valence-corrected chi connectivity index (χ3v) is 2.74. The van der Waals surface area contributed by atoms with Gasteiger partial charge in [0.2, 0.25) is 0 Å². The minimum atomic E-state index is -1.29. The largest absolute Gasteiger partial charge is 0.478 e. The van der Waals surface area contributed by atoms with Gasteiger partial charge in [0, 0.05) is 5.57 Å². The summed E-state index contributed by atoms with van der Waals surface area (Å²) < 4.78 is 4.92. The molecular weight excluding hydrogens is 276 g/mol. The van der Waals surface area contributed by atoms with Crippen LogP contribution in [0.3, 0.4) is 0 Å². The number of carbonyl (C=O) groups excluding carboxylic acids is 1. The molecule has 0 aliphatic rings. The molecule has 1 aromatic rings. The Morgan fingerprint density at radius 1 is 1.14 bits per heavy atom. The molecule has 0 radical (unpaired) electrons. The maximum atomic E-state index is 11.2. The van der Waals surface area contributed by atoms with Crippen LogP contribution in [-0.4, -0.2) is 34.7 Å². The van der Waals surface area contributed by atoms with E-state index in [0.29, 0.717) is 24.0 Å². The minimum Gasteiger partial charge on any atom is -0.478 e. The fourth-order valence-corrected chi connectivity index (χ4v) is 1.67. The molecule has 0 amide bonds. The zero-order valence-electron chi connectivity index (χ0n) is 11.6. The van der Waals surface area contributed by atoms with Crippen LogP contribution < -0.4 is 0 Å². The van der Waals surface area contributed by atoms with Crippen LogP contribution in [-0.2, 0) is 16.0 Å². The molecule has 21 heavy (non-hydrogen) atoms. The average Bonchev–Trinajstić information content (AvgIpc) is 2.42. The van der Waals surface area contributed by atoms with Crippen LogP contribution in [0.2, 0.25) is 0 Å². The third kappa shape index (κ3) is 4.76. The molecule has 1 rings (SSSR count). The number of ether oxygens (including phenoxy) is 1. The van der Waals surface area contributed by atoms with Crippen molar-refractivity contribution < 1.29 is 29.3 Å². The van der Waals surface area contributed by atoms with Crippen LogP contribution in [0.15, 0.2) is 30.4 Å². The van der Waals surface area contributed by atoms with Gasteiger partial charge >= 0.3 is 17.9 Å². The van der Waals surface area contributed by atoms with Crippen molar-refractivity contribution in [3.8, 4) is 0 Å². The number of esters is 1. The number of hydrogen-bond acceptors (Lipinski definition) is 4. The lowest BCUT2D eigenvalue weighted by molar-refractivity contribution is -0.139. The quantitative estimate of drug-likeness (QED) is 0.453. The van der Waals surface area contributed by atoms with E-state index in [9.17, 15) is 14.4 Å². The lowest BCUT2D eigenvalue weighted by atomic mass is 10.0. The molecule has 0 heterocycles. The number of rotatable bonds is 7. The van der Waals surface area contributed by atoms with E-state index in [4.69, 9.17) is 14.9 Å². The standard InChI is InChI=1S/C15H16O6/c1-9(2)15(20)21-7-3-4-10-5-6-11(13(16)17)12(8-10)14(18)19/h5-6,8H,1,3-4,7H2,2H3,(H,16,17)(H,18,19). The predicted octanol–water partition coefficient (Wildman–Crippen LogP) is 2.13. The summed E-state index contributed by atoms with van der Waals surface area (Å²) in [5.41, 5.74) is 0.483. The first-order chi connectivity index (χ1) is 9.82. The molecule has 0 aliphatic heterocycles. The Labute approximate surface area is 121 Å². The average molecular weight is 292 g/mol. The summed E-state index contributed by atoms with van der Waals surface area (Å²) in [5, 5.41) is 17.9. The van der Waals surface area contributed by atoms with Crippen molar-refractivity contribution >= 4 is 17.9 Å². The lowest BCUT2D eigenvalue weighted by Crippen LogP contribution is -2.09. The predicted molar refractivity (Wildman–Crippen MR) is 74.5 cm³/mol. The number of carboxylic acids is 2. The van der Waals surface area contributed by atoms with Crippen molar-refractivity contribution in [3.05, 3.63) is 47.0 Å². The van der Waals surface area contributed by atoms with E-state index in [0.717, 1.165) is 0 Å². The van der Waals surface area contributed by atoms with Gasteiger partial charge < -0.3 is 14.9 Å². The van der Waals surface area contributed by atoms with E-state index in [1.165, 1.54) is 12.1 Å². The molecule has 0 unspecified atom stereocenters. The van der Waals surface area contributed by atoms with Crippen LogP contribution in [0.4, 0.5) is 0 Å². The lowest BCUT2D eigenvalue weighted by Gasteiger charge is -2.07. The molecule has 2 N–H and O–H groups in total. The van der Waals surface area contributed by atoms with E-state index in [1.807, 2.05) is 0 Å². The highest BCUT2D eigenvalue weighted by Crippen LogP contribution is 2.14. The van der Waals surface area contributed by atoms with Gasteiger partial charge in [-0.2, -0.15) is 0 Å². The summed E-state index contributed by atoms with van der Waals surface area (Å²) in [6.07, 6.45) is 0.980. The Morgan fingerprint density at radius 2 is 1.76 bits per heavy atom. The van der Waals surface area contributed by atoms with E-state index >= 15 is 0 Å². The zero-order valence-corrected chi connectivity index (χ0v) is 11.6. The van der Waals surface area contributed by atoms with Gasteiger partial charge in [0.25, 0.3) is 0 Å². The fraction of sp³-hybridized carbons (Fsp3) is 0.267. The summed E-state index contributed by atoms with van der Waals surface area (Å²) in [6, 6.07) is 4.14. The summed E-state index contributed by atoms with van der Waals surface area (Å²) in [7, 11) is 0. The van der Waals surface area contributed by atoms with Crippen LogP contribution in [0, 0.1) is 0 Å². The fourth-order valence-electron chi connectivity index (χ4n) is 1.67. The van der Waals surface area contributed by atoms with E-state index < -0.39 is 17.9 Å². The first-order valence-electron chi connectivity index (χ1n) is 6.25. The summed E-state index contributed by atoms with van der Waals surface area (Å²) in [4.78, 5) is 33.1. The van der Waals surface area contributed by atoms with Gasteiger partial charge in [0.15, 0.2) is 0 Å². The number of carbonyl (C=O) groups is 3. The van der Waals surface area contributed by atoms with Gasteiger partial charge in [-0.3, -0.25) is 0 Å². The highest BCUT2D eigenvalue weighted by atomic mass is 16.5. The SMILES string of the molecule is C=C(C)C(=O)OCCCc1ccc(C(=O)O)c(C(=O)O)c1. The molecule has 0 atom stereocenters. The summed E-state index contributed by atoms with van der Waals surface area (Å²) in [5.74, 6) is -3.04. The second-order valence-electron chi connectivity index (χ2n) is 4.51. The van der Waals surface area contributed by atoms with Gasteiger partial charge in [-0.05, 0) is 37.5 Å². The number of carboxylic acid groups (broad SMARTS) is 2. The molecule has 0 saturated carbocycles. The van der Waals surface area contributed by atoms with Crippen LogP contribution >= 0.6 is 0 Å². The molecule has 6 nitrogen and oxygen atoms in total. The Bertz CT molecular complexity index is 588. The molecule has 0 aliphatic carbocycles. The highest BCUT2D eigenvalue weighted by Gasteiger charge is 2.16. The molecule has 0 spiro atoms. The van der Waals surface area contributed by atoms with Crippen molar-refractivity contribution in [1.29, 1.82) is 0 Å². The zero-order chi connectivity index (χ0) is 16.0. The number of aryl methyl sites for hydroxylation is 1. The van der Waals surface area contributed by atoms with Crippen LogP contribution in [0.1, 0.15) is 39.6 Å². The maximum absolute atomic E-state index is 11.2. The van der Waals surface area contributed by atoms with Crippen molar-refractivity contribution in [1.82, 2.24) is 0 Å². The molecule has 0 fully saturated rings. The van der Waals surface area contributed by atoms with Crippen molar-refractivity contribution in [2.45, 2.75) is 19.8 Å². The van der Waals surface area contributed by atoms with Crippen LogP contribution in [0.25, 0.3) is 0 Å². The van der Waals surface area contributed by atoms with Crippen molar-refractivity contribution in [3.63, 3.8) is 0 Å². The maximum Gasteiger partial charge on any atom is 0.336 e. The molecule has 1 aromatic carbocycles. The minimum absolute atomic E-state index is 0.189. The Hall–Kier alpha value is -2.63. The van der Waals surface area contributed by atoms with Gasteiger partial charge in [0.1, 0.15) is 0 Å². The number of aromatic carboxylic acids is 2. The first kappa shape index (κ1) is 16.4. The molecule has 0 aromatic heterocycles. The van der Waals surface area contributed by atoms with Gasteiger partial charge in [-0.1, -0.05) is 12.6 Å². The molecule has 0 bridgehead atoms. The topological polar surface area (TPSA) is 101 Å². The summed E-state index contributed by atoms with van der Waals surface area (Å²) in [6.45, 7) is 5.19. The normalized spacial score (nSPS) is 9.95. The van der Waals surface area contributed by atoms with Crippen LogP contribution in [0.5, 0.6) is 0 Å². The van der Waals surface area contributed by atoms with E-state index in [-0.39, 0.29) is 17.7 Å².